The number of hydrogen-bond donors (Lipinski definition) is 1. The lowest BCUT2D eigenvalue weighted by molar-refractivity contribution is 0.103. The third kappa shape index (κ3) is 4.95. The van der Waals surface area contributed by atoms with Gasteiger partial charge in [-0.15, -0.1) is 11.3 Å². The van der Waals surface area contributed by atoms with Crippen molar-refractivity contribution in [3.8, 4) is 28.0 Å². The van der Waals surface area contributed by atoms with Gasteiger partial charge in [-0.3, -0.25) is 9.36 Å². The molecule has 0 spiro atoms. The minimum Gasteiger partial charge on any atom is -0.439 e. The highest BCUT2D eigenvalue weighted by Gasteiger charge is 2.16. The minimum atomic E-state index is -0.192. The fraction of sp³-hybridized carbons (Fsp3) is 0.115. The largest absolute Gasteiger partial charge is 0.439 e. The molecule has 0 aliphatic carbocycles. The number of aryl methyl sites for hydroxylation is 3. The monoisotopic (exact) mass is 482 g/mol. The van der Waals surface area contributed by atoms with Crippen LogP contribution in [0.4, 0.5) is 5.69 Å². The number of nitrogens with one attached hydrogen (secondary N) is 1. The number of thiazole rings is 1. The summed E-state index contributed by atoms with van der Waals surface area (Å²) in [6, 6.07) is 18.7. The number of nitrogens with zero attached hydrogens (tertiary/aromatic N) is 5. The van der Waals surface area contributed by atoms with Crippen LogP contribution in [0.2, 0.25) is 0 Å². The summed E-state index contributed by atoms with van der Waals surface area (Å²) in [7, 11) is 0. The molecular formula is C26H22N6O2S. The molecule has 3 heterocycles. The first-order valence-electron chi connectivity index (χ1n) is 10.9. The van der Waals surface area contributed by atoms with E-state index in [1.165, 1.54) is 11.3 Å². The van der Waals surface area contributed by atoms with Crippen LogP contribution in [-0.4, -0.2) is 30.4 Å². The number of hydrogen-bond acceptors (Lipinski definition) is 7. The second kappa shape index (κ2) is 9.47. The molecule has 35 heavy (non-hydrogen) atoms. The lowest BCUT2D eigenvalue weighted by Crippen LogP contribution is -2.11. The second-order valence-electron chi connectivity index (χ2n) is 7.84. The van der Waals surface area contributed by atoms with Crippen LogP contribution in [0.1, 0.15) is 27.0 Å². The second-order valence-corrected chi connectivity index (χ2v) is 8.84. The number of carbonyl (C=O) groups excluding carboxylic acids is 1. The maximum atomic E-state index is 12.9. The Kier molecular flexibility index (Phi) is 6.07. The van der Waals surface area contributed by atoms with Crippen LogP contribution >= 0.6 is 11.3 Å². The number of benzene rings is 2. The van der Waals surface area contributed by atoms with E-state index in [2.05, 4.69) is 25.3 Å². The zero-order chi connectivity index (χ0) is 24.4. The Morgan fingerprint density at radius 1 is 0.971 bits per heavy atom. The van der Waals surface area contributed by atoms with Crippen molar-refractivity contribution in [1.29, 1.82) is 0 Å². The van der Waals surface area contributed by atoms with Crippen molar-refractivity contribution >= 4 is 22.9 Å². The van der Waals surface area contributed by atoms with E-state index < -0.39 is 0 Å². The Labute approximate surface area is 206 Å². The zero-order valence-corrected chi connectivity index (χ0v) is 20.2. The van der Waals surface area contributed by atoms with E-state index in [0.717, 1.165) is 16.4 Å². The Hall–Kier alpha value is -4.37. The molecule has 2 aromatic carbocycles. The number of anilines is 1. The molecule has 0 saturated heterocycles. The standard InChI is InChI=1S/C26H22N6O2S/c1-16-24(35-26(28-16)19-7-5-4-6-8-19)25(33)31-20-9-11-21(12-10-20)34-23-15-22(29-17(2)30-23)32-14-13-27-18(32)3/h4-15H,1-3H3,(H,31,33). The van der Waals surface area contributed by atoms with Gasteiger partial charge in [0.1, 0.15) is 33.1 Å². The van der Waals surface area contributed by atoms with E-state index in [1.54, 1.807) is 36.5 Å². The van der Waals surface area contributed by atoms with Gasteiger partial charge >= 0.3 is 0 Å². The van der Waals surface area contributed by atoms with Crippen LogP contribution in [0.5, 0.6) is 11.6 Å². The average molecular weight is 483 g/mol. The number of aromatic nitrogens is 5. The van der Waals surface area contributed by atoms with E-state index in [1.807, 2.05) is 61.9 Å². The van der Waals surface area contributed by atoms with Crippen molar-refractivity contribution in [3.05, 3.63) is 95.3 Å². The highest BCUT2D eigenvalue weighted by molar-refractivity contribution is 7.17. The van der Waals surface area contributed by atoms with Gasteiger partial charge in [0.25, 0.3) is 5.91 Å². The first-order chi connectivity index (χ1) is 17.0. The molecule has 3 aromatic heterocycles. The zero-order valence-electron chi connectivity index (χ0n) is 19.4. The summed E-state index contributed by atoms with van der Waals surface area (Å²) in [6.07, 6.45) is 3.56. The Morgan fingerprint density at radius 3 is 2.46 bits per heavy atom. The molecule has 0 bridgehead atoms. The summed E-state index contributed by atoms with van der Waals surface area (Å²) in [4.78, 5) is 31.1. The van der Waals surface area contributed by atoms with Gasteiger partial charge < -0.3 is 10.1 Å². The molecule has 0 saturated carbocycles. The molecule has 1 N–H and O–H groups in total. The predicted molar refractivity (Wildman–Crippen MR) is 135 cm³/mol. The maximum absolute atomic E-state index is 12.9. The van der Waals surface area contributed by atoms with Gasteiger partial charge in [0.2, 0.25) is 5.88 Å². The fourth-order valence-corrected chi connectivity index (χ4v) is 4.51. The lowest BCUT2D eigenvalue weighted by Gasteiger charge is -2.10. The van der Waals surface area contributed by atoms with Crippen LogP contribution in [0.3, 0.4) is 0 Å². The quantitative estimate of drug-likeness (QED) is 0.331. The van der Waals surface area contributed by atoms with Crippen molar-refractivity contribution in [2.75, 3.05) is 5.32 Å². The molecule has 0 aliphatic rings. The number of carbonyl (C=O) groups is 1. The summed E-state index contributed by atoms with van der Waals surface area (Å²) in [5, 5.41) is 3.76. The minimum absolute atomic E-state index is 0.192. The summed E-state index contributed by atoms with van der Waals surface area (Å²) in [5.74, 6) is 2.91. The average Bonchev–Trinajstić information content (AvgIpc) is 3.46. The molecular weight excluding hydrogens is 460 g/mol. The fourth-order valence-electron chi connectivity index (χ4n) is 3.55. The summed E-state index contributed by atoms with van der Waals surface area (Å²) in [5.41, 5.74) is 2.35. The number of ether oxygens (including phenoxy) is 1. The van der Waals surface area contributed by atoms with Gasteiger partial charge in [-0.05, 0) is 45.0 Å². The summed E-state index contributed by atoms with van der Waals surface area (Å²) >= 11 is 1.38. The van der Waals surface area contributed by atoms with Crippen LogP contribution in [0, 0.1) is 20.8 Å². The number of rotatable bonds is 6. The molecule has 0 atom stereocenters. The van der Waals surface area contributed by atoms with Gasteiger partial charge in [0.05, 0.1) is 5.69 Å². The smallest absolute Gasteiger partial charge is 0.267 e. The normalized spacial score (nSPS) is 10.8. The van der Waals surface area contributed by atoms with Crippen molar-refractivity contribution in [1.82, 2.24) is 24.5 Å². The molecule has 9 heteroatoms. The van der Waals surface area contributed by atoms with E-state index >= 15 is 0 Å². The van der Waals surface area contributed by atoms with Crippen molar-refractivity contribution in [2.45, 2.75) is 20.8 Å². The molecule has 174 valence electrons. The maximum Gasteiger partial charge on any atom is 0.267 e. The Morgan fingerprint density at radius 2 is 1.74 bits per heavy atom. The molecule has 8 nitrogen and oxygen atoms in total. The summed E-state index contributed by atoms with van der Waals surface area (Å²) < 4.78 is 7.81. The Bertz CT molecular complexity index is 1490. The molecule has 5 rings (SSSR count). The molecule has 0 fully saturated rings. The lowest BCUT2D eigenvalue weighted by atomic mass is 10.2. The van der Waals surface area contributed by atoms with Crippen molar-refractivity contribution < 1.29 is 9.53 Å². The topological polar surface area (TPSA) is 94.8 Å². The van der Waals surface area contributed by atoms with Crippen LogP contribution in [0.25, 0.3) is 16.4 Å². The van der Waals surface area contributed by atoms with Gasteiger partial charge in [0.15, 0.2) is 0 Å². The first-order valence-corrected chi connectivity index (χ1v) is 11.8. The van der Waals surface area contributed by atoms with Crippen molar-refractivity contribution in [3.63, 3.8) is 0 Å². The van der Waals surface area contributed by atoms with E-state index in [9.17, 15) is 4.79 Å². The Balaban J connectivity index is 1.29. The molecule has 0 unspecified atom stereocenters. The first kappa shape index (κ1) is 22.4. The van der Waals surface area contributed by atoms with Gasteiger partial charge in [-0.25, -0.2) is 15.0 Å². The van der Waals surface area contributed by atoms with Gasteiger partial charge in [-0.1, -0.05) is 30.3 Å². The van der Waals surface area contributed by atoms with Gasteiger partial charge in [-0.2, -0.15) is 4.98 Å². The van der Waals surface area contributed by atoms with E-state index in [-0.39, 0.29) is 5.91 Å². The summed E-state index contributed by atoms with van der Waals surface area (Å²) in [6.45, 7) is 5.56. The molecule has 0 radical (unpaired) electrons. The molecule has 0 aliphatic heterocycles. The van der Waals surface area contributed by atoms with E-state index in [4.69, 9.17) is 4.74 Å². The molecule has 5 aromatic rings. The molecule has 1 amide bonds. The van der Waals surface area contributed by atoms with Crippen molar-refractivity contribution in [2.24, 2.45) is 0 Å². The predicted octanol–water partition coefficient (Wildman–Crippen LogP) is 5.76. The SMILES string of the molecule is Cc1nc(Oc2ccc(NC(=O)c3sc(-c4ccccc4)nc3C)cc2)cc(-n2ccnc2C)n1. The third-order valence-electron chi connectivity index (χ3n) is 5.23. The van der Waals surface area contributed by atoms with E-state index in [0.29, 0.717) is 39.5 Å². The number of amides is 1. The van der Waals surface area contributed by atoms with Crippen LogP contribution in [-0.2, 0) is 0 Å². The highest BCUT2D eigenvalue weighted by Crippen LogP contribution is 2.29. The van der Waals surface area contributed by atoms with Crippen LogP contribution < -0.4 is 10.1 Å². The number of imidazole rings is 1. The van der Waals surface area contributed by atoms with Crippen LogP contribution in [0.15, 0.2) is 73.1 Å². The van der Waals surface area contributed by atoms with Gasteiger partial charge in [0, 0.05) is 29.7 Å². The highest BCUT2D eigenvalue weighted by atomic mass is 32.1. The third-order valence-corrected chi connectivity index (χ3v) is 6.44.